The summed E-state index contributed by atoms with van der Waals surface area (Å²) in [6.45, 7) is 4.25. The van der Waals surface area contributed by atoms with Gasteiger partial charge in [-0.2, -0.15) is 0 Å². The van der Waals surface area contributed by atoms with Crippen LogP contribution in [0.2, 0.25) is 5.02 Å². The fraction of sp³-hybridized carbons (Fsp3) is 0.600. The van der Waals surface area contributed by atoms with E-state index in [0.29, 0.717) is 6.04 Å². The van der Waals surface area contributed by atoms with Crippen molar-refractivity contribution < 1.29 is 4.74 Å². The van der Waals surface area contributed by atoms with E-state index in [4.69, 9.17) is 16.3 Å². The van der Waals surface area contributed by atoms with Gasteiger partial charge in [-0.05, 0) is 37.0 Å². The van der Waals surface area contributed by atoms with Crippen molar-refractivity contribution in [2.45, 2.75) is 25.4 Å². The van der Waals surface area contributed by atoms with Gasteiger partial charge < -0.3 is 10.1 Å². The quantitative estimate of drug-likeness (QED) is 0.917. The number of nitrogens with zero attached hydrogens (tertiary/aromatic N) is 1. The number of nitrogens with one attached hydrogen (secondary N) is 1. The molecule has 1 aliphatic heterocycles. The lowest BCUT2D eigenvalue weighted by atomic mass is 10.1. The predicted octanol–water partition coefficient (Wildman–Crippen LogP) is 2.53. The van der Waals surface area contributed by atoms with Crippen molar-refractivity contribution in [3.05, 3.63) is 28.8 Å². The Balaban J connectivity index is 1.68. The third-order valence-corrected chi connectivity index (χ3v) is 4.35. The number of halogens is 1. The fourth-order valence-corrected chi connectivity index (χ4v) is 3.11. The van der Waals surface area contributed by atoms with Crippen molar-refractivity contribution in [1.29, 1.82) is 0 Å². The first-order chi connectivity index (χ1) is 9.26. The minimum Gasteiger partial charge on any atom is -0.496 e. The van der Waals surface area contributed by atoms with Gasteiger partial charge in [0, 0.05) is 42.8 Å². The van der Waals surface area contributed by atoms with E-state index in [2.05, 4.69) is 10.2 Å². The second kappa shape index (κ2) is 5.70. The number of methoxy groups -OCH3 is 1. The van der Waals surface area contributed by atoms with Gasteiger partial charge in [0.1, 0.15) is 5.75 Å². The van der Waals surface area contributed by atoms with Gasteiger partial charge in [-0.1, -0.05) is 11.6 Å². The molecule has 0 radical (unpaired) electrons. The molecule has 3 rings (SSSR count). The molecule has 1 aromatic rings. The maximum absolute atomic E-state index is 6.09. The summed E-state index contributed by atoms with van der Waals surface area (Å²) in [6, 6.07) is 6.54. The molecule has 0 bridgehead atoms. The van der Waals surface area contributed by atoms with Crippen LogP contribution in [0.4, 0.5) is 0 Å². The summed E-state index contributed by atoms with van der Waals surface area (Å²) < 4.78 is 5.43. The summed E-state index contributed by atoms with van der Waals surface area (Å²) in [6.07, 6.45) is 2.79. The molecular weight excluding hydrogens is 260 g/mol. The van der Waals surface area contributed by atoms with Crippen LogP contribution in [0.5, 0.6) is 5.75 Å². The van der Waals surface area contributed by atoms with Crippen LogP contribution >= 0.6 is 11.6 Å². The standard InChI is InChI=1S/C15H21ClN2O/c1-19-15-5-4-13(16)8-12(15)9-18-7-6-17-14(10-18)11-2-3-11/h4-5,8,11,14,17H,2-3,6-7,9-10H2,1H3. The summed E-state index contributed by atoms with van der Waals surface area (Å²) in [4.78, 5) is 2.51. The van der Waals surface area contributed by atoms with Crippen molar-refractivity contribution >= 4 is 11.6 Å². The van der Waals surface area contributed by atoms with Gasteiger partial charge >= 0.3 is 0 Å². The van der Waals surface area contributed by atoms with E-state index in [9.17, 15) is 0 Å². The Morgan fingerprint density at radius 3 is 3.00 bits per heavy atom. The fourth-order valence-electron chi connectivity index (χ4n) is 2.91. The molecule has 1 heterocycles. The Kier molecular flexibility index (Phi) is 3.96. The van der Waals surface area contributed by atoms with Gasteiger partial charge in [-0.25, -0.2) is 0 Å². The summed E-state index contributed by atoms with van der Waals surface area (Å²) in [7, 11) is 1.72. The highest BCUT2D eigenvalue weighted by molar-refractivity contribution is 6.30. The van der Waals surface area contributed by atoms with E-state index >= 15 is 0 Å². The molecular formula is C15H21ClN2O. The minimum absolute atomic E-state index is 0.680. The van der Waals surface area contributed by atoms with E-state index in [0.717, 1.165) is 42.9 Å². The second-order valence-electron chi connectivity index (χ2n) is 5.59. The molecule has 1 aliphatic carbocycles. The van der Waals surface area contributed by atoms with Gasteiger partial charge in [0.25, 0.3) is 0 Å². The van der Waals surface area contributed by atoms with Crippen molar-refractivity contribution in [3.8, 4) is 5.75 Å². The van der Waals surface area contributed by atoms with Crippen LogP contribution in [-0.2, 0) is 6.54 Å². The van der Waals surface area contributed by atoms with Crippen LogP contribution in [0, 0.1) is 5.92 Å². The van der Waals surface area contributed by atoms with Crippen LogP contribution in [-0.4, -0.2) is 37.7 Å². The number of rotatable bonds is 4. The van der Waals surface area contributed by atoms with Crippen LogP contribution < -0.4 is 10.1 Å². The lowest BCUT2D eigenvalue weighted by molar-refractivity contribution is 0.180. The Bertz CT molecular complexity index is 448. The highest BCUT2D eigenvalue weighted by atomic mass is 35.5. The maximum atomic E-state index is 6.09. The molecule has 1 saturated heterocycles. The van der Waals surface area contributed by atoms with E-state index in [1.54, 1.807) is 7.11 Å². The zero-order valence-electron chi connectivity index (χ0n) is 11.4. The van der Waals surface area contributed by atoms with E-state index in [1.165, 1.54) is 18.4 Å². The molecule has 2 aliphatic rings. The highest BCUT2D eigenvalue weighted by Gasteiger charge is 2.33. The average molecular weight is 281 g/mol. The third kappa shape index (κ3) is 3.22. The molecule has 1 saturated carbocycles. The smallest absolute Gasteiger partial charge is 0.123 e. The molecule has 19 heavy (non-hydrogen) atoms. The van der Waals surface area contributed by atoms with Gasteiger partial charge in [0.05, 0.1) is 7.11 Å². The molecule has 3 nitrogen and oxygen atoms in total. The Morgan fingerprint density at radius 2 is 2.26 bits per heavy atom. The number of hydrogen-bond acceptors (Lipinski definition) is 3. The van der Waals surface area contributed by atoms with Crippen LogP contribution in [0.3, 0.4) is 0 Å². The average Bonchev–Trinajstić information content (AvgIpc) is 3.24. The molecule has 2 fully saturated rings. The van der Waals surface area contributed by atoms with Crippen LogP contribution in [0.1, 0.15) is 18.4 Å². The zero-order valence-corrected chi connectivity index (χ0v) is 12.1. The Morgan fingerprint density at radius 1 is 1.42 bits per heavy atom. The van der Waals surface area contributed by atoms with Crippen molar-refractivity contribution in [2.75, 3.05) is 26.7 Å². The Labute approximate surface area is 119 Å². The van der Waals surface area contributed by atoms with Gasteiger partial charge in [-0.15, -0.1) is 0 Å². The lowest BCUT2D eigenvalue weighted by Crippen LogP contribution is -2.51. The summed E-state index contributed by atoms with van der Waals surface area (Å²) in [5.41, 5.74) is 1.19. The van der Waals surface area contributed by atoms with E-state index < -0.39 is 0 Å². The Hall–Kier alpha value is -0.770. The van der Waals surface area contributed by atoms with Gasteiger partial charge in [0.2, 0.25) is 0 Å². The number of hydrogen-bond donors (Lipinski definition) is 1. The number of benzene rings is 1. The topological polar surface area (TPSA) is 24.5 Å². The van der Waals surface area contributed by atoms with E-state index in [1.807, 2.05) is 18.2 Å². The molecule has 104 valence electrons. The predicted molar refractivity (Wildman–Crippen MR) is 77.8 cm³/mol. The lowest BCUT2D eigenvalue weighted by Gasteiger charge is -2.34. The van der Waals surface area contributed by atoms with E-state index in [-0.39, 0.29) is 0 Å². The molecule has 1 aromatic carbocycles. The van der Waals surface area contributed by atoms with Gasteiger partial charge in [0.15, 0.2) is 0 Å². The minimum atomic E-state index is 0.680. The summed E-state index contributed by atoms with van der Waals surface area (Å²) in [5.74, 6) is 1.84. The van der Waals surface area contributed by atoms with Gasteiger partial charge in [-0.3, -0.25) is 4.90 Å². The third-order valence-electron chi connectivity index (χ3n) is 4.12. The first-order valence-electron chi connectivity index (χ1n) is 7.04. The monoisotopic (exact) mass is 280 g/mol. The SMILES string of the molecule is COc1ccc(Cl)cc1CN1CCNC(C2CC2)C1. The van der Waals surface area contributed by atoms with Crippen molar-refractivity contribution in [2.24, 2.45) is 5.92 Å². The summed E-state index contributed by atoms with van der Waals surface area (Å²) in [5, 5.41) is 4.42. The zero-order chi connectivity index (χ0) is 13.2. The molecule has 1 unspecified atom stereocenters. The largest absolute Gasteiger partial charge is 0.496 e. The number of ether oxygens (including phenoxy) is 1. The molecule has 0 spiro atoms. The van der Waals surface area contributed by atoms with Crippen molar-refractivity contribution in [1.82, 2.24) is 10.2 Å². The van der Waals surface area contributed by atoms with Crippen molar-refractivity contribution in [3.63, 3.8) is 0 Å². The number of piperazine rings is 1. The normalized spacial score (nSPS) is 24.4. The highest BCUT2D eigenvalue weighted by Crippen LogP contribution is 2.34. The molecule has 0 amide bonds. The van der Waals surface area contributed by atoms with Crippen LogP contribution in [0.25, 0.3) is 0 Å². The van der Waals surface area contributed by atoms with Crippen LogP contribution in [0.15, 0.2) is 18.2 Å². The first-order valence-corrected chi connectivity index (χ1v) is 7.42. The molecule has 4 heteroatoms. The summed E-state index contributed by atoms with van der Waals surface area (Å²) >= 11 is 6.09. The first kappa shape index (κ1) is 13.2. The molecule has 0 aromatic heterocycles. The second-order valence-corrected chi connectivity index (χ2v) is 6.03. The maximum Gasteiger partial charge on any atom is 0.123 e. The molecule has 1 atom stereocenters. The molecule has 1 N–H and O–H groups in total.